The highest BCUT2D eigenvalue weighted by atomic mass is 35.5. The van der Waals surface area contributed by atoms with E-state index in [0.29, 0.717) is 34.7 Å². The van der Waals surface area contributed by atoms with Gasteiger partial charge in [-0.1, -0.05) is 28.4 Å². The largest absolute Gasteiger partial charge is 0.346 e. The lowest BCUT2D eigenvalue weighted by Gasteiger charge is -1.99. The van der Waals surface area contributed by atoms with Crippen LogP contribution in [0, 0.1) is 0 Å². The molecule has 0 bridgehead atoms. The molecule has 1 amide bonds. The van der Waals surface area contributed by atoms with Gasteiger partial charge in [-0.25, -0.2) is 14.6 Å². The third-order valence-electron chi connectivity index (χ3n) is 5.56. The quantitative estimate of drug-likeness (QED) is 0.367. The van der Waals surface area contributed by atoms with Gasteiger partial charge < -0.3 is 9.72 Å². The van der Waals surface area contributed by atoms with Gasteiger partial charge in [-0.15, -0.1) is 16.4 Å². The van der Waals surface area contributed by atoms with Gasteiger partial charge in [0, 0.05) is 34.9 Å². The zero-order chi connectivity index (χ0) is 22.5. The highest BCUT2D eigenvalue weighted by molar-refractivity contribution is 7.18. The van der Waals surface area contributed by atoms with Crippen LogP contribution in [-0.4, -0.2) is 35.3 Å². The third kappa shape index (κ3) is 4.19. The van der Waals surface area contributed by atoms with E-state index in [2.05, 4.69) is 37.7 Å². The molecule has 0 unspecified atom stereocenters. The van der Waals surface area contributed by atoms with Gasteiger partial charge in [0.25, 0.3) is 5.91 Å². The number of carbonyl (C=O) groups is 1. The lowest BCUT2D eigenvalue weighted by atomic mass is 10.1. The number of aromatic nitrogens is 6. The van der Waals surface area contributed by atoms with E-state index in [-0.39, 0.29) is 11.6 Å². The molecule has 8 nitrogen and oxygen atoms in total. The van der Waals surface area contributed by atoms with Gasteiger partial charge in [-0.3, -0.25) is 4.79 Å². The van der Waals surface area contributed by atoms with Crippen molar-refractivity contribution in [3.05, 3.63) is 74.9 Å². The van der Waals surface area contributed by atoms with E-state index in [9.17, 15) is 4.79 Å². The molecule has 5 heterocycles. The normalized spacial score (nSPS) is 13.8. The van der Waals surface area contributed by atoms with E-state index < -0.39 is 0 Å². The Hall–Kier alpha value is -3.01. The average molecular weight is 498 g/mol. The van der Waals surface area contributed by atoms with Crippen LogP contribution in [0.5, 0.6) is 0 Å². The number of nitrogens with one attached hydrogen (secondary N) is 1. The summed E-state index contributed by atoms with van der Waals surface area (Å²) >= 11 is 13.7. The molecule has 1 fully saturated rings. The molecule has 0 atom stereocenters. The fourth-order valence-electron chi connectivity index (χ4n) is 3.75. The molecule has 0 radical (unpaired) electrons. The van der Waals surface area contributed by atoms with Crippen LogP contribution in [0.4, 0.5) is 0 Å². The second-order valence-corrected chi connectivity index (χ2v) is 10.0. The zero-order valence-corrected chi connectivity index (χ0v) is 19.5. The first kappa shape index (κ1) is 20.6. The Kier molecular flexibility index (Phi) is 5.05. The molecule has 1 saturated carbocycles. The summed E-state index contributed by atoms with van der Waals surface area (Å²) in [6, 6.07) is 6.01. The summed E-state index contributed by atoms with van der Waals surface area (Å²) in [7, 11) is 0. The zero-order valence-electron chi connectivity index (χ0n) is 17.2. The number of hydrogen-bond acceptors (Lipinski definition) is 6. The number of imidazole rings is 1. The number of hydrogen-bond donors (Lipinski definition) is 1. The van der Waals surface area contributed by atoms with Crippen LogP contribution < -0.4 is 5.32 Å². The van der Waals surface area contributed by atoms with Crippen molar-refractivity contribution in [2.45, 2.75) is 31.8 Å². The van der Waals surface area contributed by atoms with E-state index in [1.54, 1.807) is 38.9 Å². The maximum atomic E-state index is 12.6. The number of halogens is 2. The minimum Gasteiger partial charge on any atom is -0.346 e. The lowest BCUT2D eigenvalue weighted by Crippen LogP contribution is -2.22. The molecule has 5 aromatic rings. The van der Waals surface area contributed by atoms with Gasteiger partial charge >= 0.3 is 0 Å². The molecule has 11 heteroatoms. The topological polar surface area (TPSA) is 90.0 Å². The van der Waals surface area contributed by atoms with Gasteiger partial charge in [-0.2, -0.15) is 0 Å². The average Bonchev–Trinajstić information content (AvgIpc) is 3.22. The van der Waals surface area contributed by atoms with E-state index in [4.69, 9.17) is 23.2 Å². The number of nitrogens with zero attached hydrogens (tertiary/aromatic N) is 6. The van der Waals surface area contributed by atoms with E-state index in [1.807, 2.05) is 12.4 Å². The number of fused-ring (bicyclic) bond motifs is 2. The summed E-state index contributed by atoms with van der Waals surface area (Å²) in [5, 5.41) is 13.0. The third-order valence-corrected chi connectivity index (χ3v) is 7.33. The number of thiophene rings is 1. The van der Waals surface area contributed by atoms with Crippen LogP contribution in [0.2, 0.25) is 10.0 Å². The highest BCUT2D eigenvalue weighted by Gasteiger charge is 2.24. The summed E-state index contributed by atoms with van der Waals surface area (Å²) < 4.78 is 3.37. The van der Waals surface area contributed by atoms with Crippen molar-refractivity contribution in [1.29, 1.82) is 0 Å². The summed E-state index contributed by atoms with van der Waals surface area (Å²) in [5.74, 6) is 0.391. The van der Waals surface area contributed by atoms with Crippen molar-refractivity contribution >= 4 is 56.3 Å². The molecule has 1 N–H and O–H groups in total. The molecule has 33 heavy (non-hydrogen) atoms. The molecular weight excluding hydrogens is 481 g/mol. The second-order valence-electron chi connectivity index (χ2n) is 8.10. The van der Waals surface area contributed by atoms with Crippen LogP contribution in [0.25, 0.3) is 15.9 Å². The fourth-order valence-corrected chi connectivity index (χ4v) is 4.97. The monoisotopic (exact) mass is 497 g/mol. The summed E-state index contributed by atoms with van der Waals surface area (Å²) in [6.45, 7) is 0.780. The Morgan fingerprint density at radius 2 is 2.03 bits per heavy atom. The van der Waals surface area contributed by atoms with Gasteiger partial charge in [0.1, 0.15) is 10.5 Å². The maximum absolute atomic E-state index is 12.6. The van der Waals surface area contributed by atoms with Crippen molar-refractivity contribution < 1.29 is 4.79 Å². The summed E-state index contributed by atoms with van der Waals surface area (Å²) in [5.41, 5.74) is 2.98. The second kappa shape index (κ2) is 8.09. The molecule has 1 aliphatic rings. The van der Waals surface area contributed by atoms with Crippen LogP contribution in [-0.2, 0) is 13.1 Å². The minimum atomic E-state index is -0.279. The number of amides is 1. The van der Waals surface area contributed by atoms with Gasteiger partial charge in [0.15, 0.2) is 5.69 Å². The van der Waals surface area contributed by atoms with Crippen molar-refractivity contribution in [3.63, 3.8) is 0 Å². The Balaban J connectivity index is 1.11. The SMILES string of the molecule is O=C(NCc1cc2cc(C3CC3)cnc2s1)c1cn(Cc2cn3cc(Cl)c(Cl)cc3n2)nn1. The first-order chi connectivity index (χ1) is 16.0. The Bertz CT molecular complexity index is 1480. The first-order valence-electron chi connectivity index (χ1n) is 10.4. The standard InChI is InChI=1S/C22H17Cl2N7OS/c23-17-5-20-27-15(8-30(20)10-18(17)24)9-31-11-19(28-29-31)21(32)25-7-16-4-13-3-14(12-1-2-12)6-26-22(13)33-16/h3-6,8,10-12H,1-2,7,9H2,(H,25,32). The minimum absolute atomic E-state index is 0.250. The highest BCUT2D eigenvalue weighted by Crippen LogP contribution is 2.41. The van der Waals surface area contributed by atoms with Gasteiger partial charge in [0.2, 0.25) is 0 Å². The van der Waals surface area contributed by atoms with Gasteiger partial charge in [-0.05, 0) is 36.5 Å². The number of pyridine rings is 2. The van der Waals surface area contributed by atoms with Crippen LogP contribution in [0.15, 0.2) is 43.0 Å². The van der Waals surface area contributed by atoms with E-state index in [1.165, 1.54) is 18.4 Å². The molecule has 5 aromatic heterocycles. The fraction of sp³-hybridized carbons (Fsp3) is 0.227. The van der Waals surface area contributed by atoms with E-state index in [0.717, 1.165) is 20.8 Å². The van der Waals surface area contributed by atoms with Crippen molar-refractivity contribution in [3.8, 4) is 0 Å². The van der Waals surface area contributed by atoms with Crippen LogP contribution in [0.1, 0.15) is 45.4 Å². The molecule has 0 aliphatic heterocycles. The van der Waals surface area contributed by atoms with Crippen LogP contribution in [0.3, 0.4) is 0 Å². The Morgan fingerprint density at radius 3 is 2.88 bits per heavy atom. The summed E-state index contributed by atoms with van der Waals surface area (Å²) in [4.78, 5) is 23.7. The lowest BCUT2D eigenvalue weighted by molar-refractivity contribution is 0.0946. The Morgan fingerprint density at radius 1 is 1.15 bits per heavy atom. The predicted octanol–water partition coefficient (Wildman–Crippen LogP) is 4.70. The Labute approximate surface area is 202 Å². The number of carbonyl (C=O) groups excluding carboxylic acids is 1. The summed E-state index contributed by atoms with van der Waals surface area (Å²) in [6.07, 6.45) is 9.62. The maximum Gasteiger partial charge on any atom is 0.273 e. The molecule has 0 saturated heterocycles. The predicted molar refractivity (Wildman–Crippen MR) is 127 cm³/mol. The van der Waals surface area contributed by atoms with Crippen molar-refractivity contribution in [2.24, 2.45) is 0 Å². The molecule has 0 aromatic carbocycles. The molecular formula is C22H17Cl2N7OS. The first-order valence-corrected chi connectivity index (χ1v) is 12.0. The molecule has 0 spiro atoms. The molecule has 166 valence electrons. The van der Waals surface area contributed by atoms with Crippen molar-refractivity contribution in [1.82, 2.24) is 34.7 Å². The van der Waals surface area contributed by atoms with Crippen LogP contribution >= 0.6 is 34.5 Å². The van der Waals surface area contributed by atoms with Gasteiger partial charge in [0.05, 0.1) is 35.0 Å². The van der Waals surface area contributed by atoms with Crippen molar-refractivity contribution in [2.75, 3.05) is 0 Å². The smallest absolute Gasteiger partial charge is 0.273 e. The molecule has 6 rings (SSSR count). The number of rotatable bonds is 6. The van der Waals surface area contributed by atoms with E-state index >= 15 is 0 Å². The molecule has 1 aliphatic carbocycles.